The van der Waals surface area contributed by atoms with Crippen molar-refractivity contribution in [3.8, 4) is 5.75 Å². The van der Waals surface area contributed by atoms with Crippen LogP contribution >= 0.6 is 0 Å². The van der Waals surface area contributed by atoms with Gasteiger partial charge in [-0.15, -0.1) is 0 Å². The first-order valence-corrected chi connectivity index (χ1v) is 5.36. The van der Waals surface area contributed by atoms with E-state index in [1.165, 1.54) is 18.2 Å². The van der Waals surface area contributed by atoms with Crippen LogP contribution in [0.25, 0.3) is 0 Å². The van der Waals surface area contributed by atoms with Crippen LogP contribution in [0.2, 0.25) is 0 Å². The number of halogens is 1. The van der Waals surface area contributed by atoms with Gasteiger partial charge in [0.05, 0.1) is 6.61 Å². The summed E-state index contributed by atoms with van der Waals surface area (Å²) < 4.78 is 12.9. The number of phenolic OH excluding ortho intramolecular Hbond substituents is 1. The molecular weight excluding hydrogens is 209 g/mol. The predicted molar refractivity (Wildman–Crippen MR) is 60.6 cm³/mol. The lowest BCUT2D eigenvalue weighted by molar-refractivity contribution is 0.209. The standard InChI is InChI=1S/C12H18FNO2/c1-8(2)11(7-15)14-6-9-5-10(13)3-4-12(9)16/h3-5,8,11,14-16H,6-7H2,1-2H3. The molecule has 1 rings (SSSR count). The normalized spacial score (nSPS) is 13.1. The van der Waals surface area contributed by atoms with Crippen LogP contribution in [0.5, 0.6) is 5.75 Å². The molecular formula is C12H18FNO2. The minimum atomic E-state index is -0.375. The van der Waals surface area contributed by atoms with Crippen LogP contribution in [-0.4, -0.2) is 22.9 Å². The number of aromatic hydroxyl groups is 1. The summed E-state index contributed by atoms with van der Waals surface area (Å²) in [6, 6.07) is 3.78. The number of aliphatic hydroxyl groups excluding tert-OH is 1. The molecule has 0 aromatic heterocycles. The van der Waals surface area contributed by atoms with Crippen molar-refractivity contribution in [2.45, 2.75) is 26.4 Å². The van der Waals surface area contributed by atoms with Gasteiger partial charge in [0, 0.05) is 18.2 Å². The van der Waals surface area contributed by atoms with Crippen LogP contribution < -0.4 is 5.32 Å². The Morgan fingerprint density at radius 1 is 1.38 bits per heavy atom. The molecule has 1 aromatic rings. The third-order valence-corrected chi connectivity index (χ3v) is 2.60. The maximum absolute atomic E-state index is 12.9. The highest BCUT2D eigenvalue weighted by atomic mass is 19.1. The molecule has 0 radical (unpaired) electrons. The molecule has 1 unspecified atom stereocenters. The van der Waals surface area contributed by atoms with E-state index in [9.17, 15) is 9.50 Å². The van der Waals surface area contributed by atoms with Gasteiger partial charge in [-0.05, 0) is 24.1 Å². The quantitative estimate of drug-likeness (QED) is 0.716. The lowest BCUT2D eigenvalue weighted by Crippen LogP contribution is -2.36. The molecule has 0 fully saturated rings. The minimum Gasteiger partial charge on any atom is -0.508 e. The third kappa shape index (κ3) is 3.47. The van der Waals surface area contributed by atoms with E-state index in [0.29, 0.717) is 12.1 Å². The van der Waals surface area contributed by atoms with Crippen molar-refractivity contribution >= 4 is 0 Å². The molecule has 0 bridgehead atoms. The topological polar surface area (TPSA) is 52.5 Å². The molecule has 0 aliphatic rings. The van der Waals surface area contributed by atoms with E-state index in [2.05, 4.69) is 5.32 Å². The van der Waals surface area contributed by atoms with Gasteiger partial charge in [0.1, 0.15) is 11.6 Å². The summed E-state index contributed by atoms with van der Waals surface area (Å²) in [7, 11) is 0. The second kappa shape index (κ2) is 5.82. The Hall–Kier alpha value is -1.13. The Labute approximate surface area is 94.9 Å². The highest BCUT2D eigenvalue weighted by Crippen LogP contribution is 2.17. The number of phenols is 1. The zero-order chi connectivity index (χ0) is 12.1. The second-order valence-electron chi connectivity index (χ2n) is 4.19. The van der Waals surface area contributed by atoms with E-state index in [1.807, 2.05) is 13.8 Å². The molecule has 0 aliphatic carbocycles. The molecule has 4 heteroatoms. The third-order valence-electron chi connectivity index (χ3n) is 2.60. The highest BCUT2D eigenvalue weighted by molar-refractivity contribution is 5.32. The van der Waals surface area contributed by atoms with E-state index in [0.717, 1.165) is 0 Å². The molecule has 0 spiro atoms. The molecule has 90 valence electrons. The van der Waals surface area contributed by atoms with E-state index in [1.54, 1.807) is 0 Å². The number of rotatable bonds is 5. The van der Waals surface area contributed by atoms with Crippen molar-refractivity contribution < 1.29 is 14.6 Å². The smallest absolute Gasteiger partial charge is 0.123 e. The first kappa shape index (κ1) is 12.9. The molecule has 3 N–H and O–H groups in total. The zero-order valence-electron chi connectivity index (χ0n) is 9.57. The number of aliphatic hydroxyl groups is 1. The summed E-state index contributed by atoms with van der Waals surface area (Å²) in [5, 5.41) is 21.7. The van der Waals surface area contributed by atoms with Gasteiger partial charge in [-0.1, -0.05) is 13.8 Å². The van der Waals surface area contributed by atoms with Crippen molar-refractivity contribution in [1.29, 1.82) is 0 Å². The summed E-state index contributed by atoms with van der Waals surface area (Å²) in [6.07, 6.45) is 0. The van der Waals surface area contributed by atoms with Gasteiger partial charge in [0.25, 0.3) is 0 Å². The number of benzene rings is 1. The molecule has 16 heavy (non-hydrogen) atoms. The molecule has 1 aromatic carbocycles. The van der Waals surface area contributed by atoms with Gasteiger partial charge in [0.2, 0.25) is 0 Å². The molecule has 0 amide bonds. The lowest BCUT2D eigenvalue weighted by atomic mass is 10.0. The van der Waals surface area contributed by atoms with Crippen molar-refractivity contribution in [2.24, 2.45) is 5.92 Å². The summed E-state index contributed by atoms with van der Waals surface area (Å²) in [4.78, 5) is 0. The average molecular weight is 227 g/mol. The summed E-state index contributed by atoms with van der Waals surface area (Å²) >= 11 is 0. The highest BCUT2D eigenvalue weighted by Gasteiger charge is 2.12. The Balaban J connectivity index is 2.63. The lowest BCUT2D eigenvalue weighted by Gasteiger charge is -2.20. The van der Waals surface area contributed by atoms with Crippen molar-refractivity contribution in [3.63, 3.8) is 0 Å². The van der Waals surface area contributed by atoms with Crippen molar-refractivity contribution in [2.75, 3.05) is 6.61 Å². The van der Waals surface area contributed by atoms with E-state index >= 15 is 0 Å². The van der Waals surface area contributed by atoms with Crippen molar-refractivity contribution in [3.05, 3.63) is 29.6 Å². The van der Waals surface area contributed by atoms with Gasteiger partial charge >= 0.3 is 0 Å². The summed E-state index contributed by atoms with van der Waals surface area (Å²) in [5.74, 6) is -0.0326. The van der Waals surface area contributed by atoms with Crippen LogP contribution in [0.3, 0.4) is 0 Å². The number of hydrogen-bond acceptors (Lipinski definition) is 3. The van der Waals surface area contributed by atoms with Crippen LogP contribution in [0.1, 0.15) is 19.4 Å². The van der Waals surface area contributed by atoms with Gasteiger partial charge in [0.15, 0.2) is 0 Å². The Morgan fingerprint density at radius 3 is 2.62 bits per heavy atom. The van der Waals surface area contributed by atoms with E-state index in [-0.39, 0.29) is 30.1 Å². The molecule has 0 saturated carbocycles. The maximum Gasteiger partial charge on any atom is 0.123 e. The van der Waals surface area contributed by atoms with Crippen LogP contribution in [-0.2, 0) is 6.54 Å². The predicted octanol–water partition coefficient (Wildman–Crippen LogP) is 1.64. The van der Waals surface area contributed by atoms with E-state index in [4.69, 9.17) is 5.11 Å². The van der Waals surface area contributed by atoms with Gasteiger partial charge in [-0.25, -0.2) is 4.39 Å². The molecule has 1 atom stereocenters. The van der Waals surface area contributed by atoms with Gasteiger partial charge in [-0.2, -0.15) is 0 Å². The van der Waals surface area contributed by atoms with E-state index < -0.39 is 0 Å². The van der Waals surface area contributed by atoms with Crippen LogP contribution in [0.15, 0.2) is 18.2 Å². The van der Waals surface area contributed by atoms with Crippen LogP contribution in [0.4, 0.5) is 4.39 Å². The first-order chi connectivity index (χ1) is 7.54. The minimum absolute atomic E-state index is 0.0216. The largest absolute Gasteiger partial charge is 0.508 e. The Kier molecular flexibility index (Phi) is 4.71. The molecule has 3 nitrogen and oxygen atoms in total. The van der Waals surface area contributed by atoms with Crippen molar-refractivity contribution in [1.82, 2.24) is 5.32 Å². The van der Waals surface area contributed by atoms with Gasteiger partial charge in [-0.3, -0.25) is 0 Å². The fourth-order valence-corrected chi connectivity index (χ4v) is 1.45. The Bertz CT molecular complexity index is 342. The number of nitrogens with one attached hydrogen (secondary N) is 1. The maximum atomic E-state index is 12.9. The Morgan fingerprint density at radius 2 is 2.06 bits per heavy atom. The molecule has 0 saturated heterocycles. The second-order valence-corrected chi connectivity index (χ2v) is 4.19. The monoisotopic (exact) mass is 227 g/mol. The van der Waals surface area contributed by atoms with Gasteiger partial charge < -0.3 is 15.5 Å². The fourth-order valence-electron chi connectivity index (χ4n) is 1.45. The summed E-state index contributed by atoms with van der Waals surface area (Å²) in [6.45, 7) is 4.33. The zero-order valence-corrected chi connectivity index (χ0v) is 9.57. The SMILES string of the molecule is CC(C)C(CO)NCc1cc(F)ccc1O. The summed E-state index contributed by atoms with van der Waals surface area (Å²) in [5.41, 5.74) is 0.499. The first-order valence-electron chi connectivity index (χ1n) is 5.36. The van der Waals surface area contributed by atoms with Crippen LogP contribution in [0, 0.1) is 11.7 Å². The molecule has 0 heterocycles. The average Bonchev–Trinajstić information content (AvgIpc) is 2.23. The number of hydrogen-bond donors (Lipinski definition) is 3. The fraction of sp³-hybridized carbons (Fsp3) is 0.500. The molecule has 0 aliphatic heterocycles.